The molecule has 0 saturated carbocycles. The number of Topliss-reactive ketones (excluding diaryl/α,β-unsaturated/α-hetero) is 1. The number of thioether (sulfide) groups is 1. The van der Waals surface area contributed by atoms with E-state index in [4.69, 9.17) is 16.3 Å². The van der Waals surface area contributed by atoms with Crippen LogP contribution in [0.25, 0.3) is 5.69 Å². The first-order valence-corrected chi connectivity index (χ1v) is 8.73. The molecule has 0 amide bonds. The largest absolute Gasteiger partial charge is 0.497 e. The van der Waals surface area contributed by atoms with Crippen LogP contribution in [-0.2, 0) is 0 Å². The third kappa shape index (κ3) is 4.00. The van der Waals surface area contributed by atoms with Crippen molar-refractivity contribution in [3.05, 3.63) is 59.1 Å². The molecular formula is C17H15ClN4O2S. The smallest absolute Gasteiger partial charge is 0.214 e. The topological polar surface area (TPSA) is 69.9 Å². The highest BCUT2D eigenvalue weighted by Crippen LogP contribution is 2.26. The lowest BCUT2D eigenvalue weighted by molar-refractivity contribution is 0.0994. The lowest BCUT2D eigenvalue weighted by atomic mass is 10.1. The molecule has 0 unspecified atom stereocenters. The monoisotopic (exact) mass is 374 g/mol. The first-order valence-electron chi connectivity index (χ1n) is 7.47. The van der Waals surface area contributed by atoms with E-state index in [1.807, 2.05) is 19.1 Å². The second-order valence-corrected chi connectivity index (χ2v) is 6.95. The molecule has 0 aliphatic rings. The van der Waals surface area contributed by atoms with Gasteiger partial charge in [-0.3, -0.25) is 4.79 Å². The number of hydrogen-bond donors (Lipinski definition) is 0. The maximum atomic E-state index is 12.6. The van der Waals surface area contributed by atoms with Gasteiger partial charge in [0.05, 0.1) is 18.0 Å². The fraction of sp³-hybridized carbons (Fsp3) is 0.176. The van der Waals surface area contributed by atoms with Crippen molar-refractivity contribution in [2.45, 2.75) is 17.3 Å². The van der Waals surface area contributed by atoms with Crippen LogP contribution in [0.2, 0.25) is 5.02 Å². The number of methoxy groups -OCH3 is 1. The van der Waals surface area contributed by atoms with Gasteiger partial charge in [0, 0.05) is 10.6 Å². The predicted molar refractivity (Wildman–Crippen MR) is 96.8 cm³/mol. The zero-order chi connectivity index (χ0) is 17.8. The van der Waals surface area contributed by atoms with Crippen molar-refractivity contribution >= 4 is 29.1 Å². The van der Waals surface area contributed by atoms with Crippen LogP contribution in [0, 0.1) is 0 Å². The van der Waals surface area contributed by atoms with Gasteiger partial charge in [0.25, 0.3) is 0 Å². The number of carbonyl (C=O) groups excluding carboxylic acids is 1. The number of hydrogen-bond acceptors (Lipinski definition) is 6. The molecule has 3 aromatic rings. The van der Waals surface area contributed by atoms with E-state index < -0.39 is 0 Å². The number of nitrogens with zero attached hydrogens (tertiary/aromatic N) is 4. The summed E-state index contributed by atoms with van der Waals surface area (Å²) in [7, 11) is 1.59. The second kappa shape index (κ2) is 7.67. The van der Waals surface area contributed by atoms with Gasteiger partial charge in [-0.25, -0.2) is 0 Å². The lowest BCUT2D eigenvalue weighted by Crippen LogP contribution is -2.14. The fourth-order valence-corrected chi connectivity index (χ4v) is 3.21. The van der Waals surface area contributed by atoms with E-state index >= 15 is 0 Å². The number of rotatable bonds is 6. The molecule has 0 radical (unpaired) electrons. The van der Waals surface area contributed by atoms with Crippen LogP contribution in [0.1, 0.15) is 17.3 Å². The van der Waals surface area contributed by atoms with Gasteiger partial charge in [0.1, 0.15) is 5.75 Å². The molecule has 1 aromatic heterocycles. The van der Waals surface area contributed by atoms with Crippen LogP contribution in [0.15, 0.2) is 53.7 Å². The summed E-state index contributed by atoms with van der Waals surface area (Å²) in [6.45, 7) is 1.83. The van der Waals surface area contributed by atoms with Gasteiger partial charge in [0.15, 0.2) is 5.78 Å². The maximum Gasteiger partial charge on any atom is 0.214 e. The minimum absolute atomic E-state index is 0.00157. The summed E-state index contributed by atoms with van der Waals surface area (Å²) in [6, 6.07) is 14.2. The number of halogens is 1. The van der Waals surface area contributed by atoms with Crippen molar-refractivity contribution in [3.8, 4) is 11.4 Å². The Morgan fingerprint density at radius 3 is 2.48 bits per heavy atom. The first-order chi connectivity index (χ1) is 12.1. The molecule has 0 N–H and O–H groups in total. The lowest BCUT2D eigenvalue weighted by Gasteiger charge is -2.10. The third-order valence-corrected chi connectivity index (χ3v) is 4.82. The van der Waals surface area contributed by atoms with E-state index in [2.05, 4.69) is 15.5 Å². The van der Waals surface area contributed by atoms with E-state index in [0.717, 1.165) is 5.69 Å². The number of ketones is 1. The molecule has 0 spiro atoms. The fourth-order valence-electron chi connectivity index (χ4n) is 2.20. The molecule has 6 nitrogen and oxygen atoms in total. The summed E-state index contributed by atoms with van der Waals surface area (Å²) >= 11 is 7.21. The van der Waals surface area contributed by atoms with E-state index in [-0.39, 0.29) is 11.0 Å². The highest BCUT2D eigenvalue weighted by atomic mass is 35.5. The van der Waals surface area contributed by atoms with Gasteiger partial charge in [-0.15, -0.1) is 5.10 Å². The van der Waals surface area contributed by atoms with E-state index in [1.165, 1.54) is 11.8 Å². The van der Waals surface area contributed by atoms with E-state index in [0.29, 0.717) is 21.5 Å². The maximum absolute atomic E-state index is 12.6. The Labute approximate surface area is 154 Å². The summed E-state index contributed by atoms with van der Waals surface area (Å²) in [6.07, 6.45) is 0. The third-order valence-electron chi connectivity index (χ3n) is 3.54. The predicted octanol–water partition coefficient (Wildman–Crippen LogP) is 3.69. The van der Waals surface area contributed by atoms with Crippen molar-refractivity contribution in [1.82, 2.24) is 20.2 Å². The number of benzene rings is 2. The molecule has 0 aliphatic carbocycles. The molecule has 1 heterocycles. The quantitative estimate of drug-likeness (QED) is 0.484. The SMILES string of the molecule is COc1ccc(C(=O)[C@@H](C)Sc2nnnn2-c2ccc(Cl)cc2)cc1. The molecule has 0 bridgehead atoms. The van der Waals surface area contributed by atoms with Crippen LogP contribution in [-0.4, -0.2) is 38.4 Å². The highest BCUT2D eigenvalue weighted by Gasteiger charge is 2.20. The summed E-state index contributed by atoms with van der Waals surface area (Å²) in [5.74, 6) is 0.710. The average molecular weight is 375 g/mol. The van der Waals surface area contributed by atoms with Gasteiger partial charge in [-0.05, 0) is 65.9 Å². The molecule has 3 rings (SSSR count). The molecular weight excluding hydrogens is 360 g/mol. The summed E-state index contributed by atoms with van der Waals surface area (Å²) < 4.78 is 6.69. The minimum Gasteiger partial charge on any atom is -0.497 e. The van der Waals surface area contributed by atoms with Crippen LogP contribution in [0.4, 0.5) is 0 Å². The Morgan fingerprint density at radius 1 is 1.16 bits per heavy atom. The van der Waals surface area contributed by atoms with Gasteiger partial charge >= 0.3 is 0 Å². The minimum atomic E-state index is -0.342. The van der Waals surface area contributed by atoms with Crippen molar-refractivity contribution in [3.63, 3.8) is 0 Å². The Hall–Kier alpha value is -2.38. The van der Waals surface area contributed by atoms with Gasteiger partial charge in [-0.2, -0.15) is 4.68 Å². The first kappa shape index (κ1) is 17.4. The molecule has 1 atom stereocenters. The van der Waals surface area contributed by atoms with Crippen LogP contribution >= 0.6 is 23.4 Å². The number of carbonyl (C=O) groups is 1. The summed E-state index contributed by atoms with van der Waals surface area (Å²) in [4.78, 5) is 12.6. The van der Waals surface area contributed by atoms with E-state index in [9.17, 15) is 4.79 Å². The van der Waals surface area contributed by atoms with Crippen LogP contribution in [0.5, 0.6) is 5.75 Å². The van der Waals surface area contributed by atoms with Crippen molar-refractivity contribution < 1.29 is 9.53 Å². The van der Waals surface area contributed by atoms with E-state index in [1.54, 1.807) is 48.2 Å². The number of aromatic nitrogens is 4. The molecule has 0 saturated heterocycles. The highest BCUT2D eigenvalue weighted by molar-refractivity contribution is 8.00. The standard InChI is InChI=1S/C17H15ClN4O2S/c1-11(16(23)12-3-9-15(24-2)10-4-12)25-17-19-20-21-22(17)14-7-5-13(18)6-8-14/h3-11H,1-2H3/t11-/m1/s1. The number of tetrazole rings is 1. The molecule has 2 aromatic carbocycles. The molecule has 128 valence electrons. The Bertz CT molecular complexity index is 865. The van der Waals surface area contributed by atoms with Gasteiger partial charge in [0.2, 0.25) is 5.16 Å². The van der Waals surface area contributed by atoms with Crippen LogP contribution in [0.3, 0.4) is 0 Å². The zero-order valence-electron chi connectivity index (χ0n) is 13.6. The Morgan fingerprint density at radius 2 is 1.84 bits per heavy atom. The van der Waals surface area contributed by atoms with Crippen molar-refractivity contribution in [2.24, 2.45) is 0 Å². The van der Waals surface area contributed by atoms with Crippen LogP contribution < -0.4 is 4.74 Å². The Balaban J connectivity index is 1.77. The molecule has 0 fully saturated rings. The van der Waals surface area contributed by atoms with Crippen molar-refractivity contribution in [2.75, 3.05) is 7.11 Å². The summed E-state index contributed by atoms with van der Waals surface area (Å²) in [5.41, 5.74) is 1.40. The molecule has 8 heteroatoms. The molecule has 0 aliphatic heterocycles. The normalized spacial score (nSPS) is 12.0. The molecule has 25 heavy (non-hydrogen) atoms. The number of ether oxygens (including phenoxy) is 1. The zero-order valence-corrected chi connectivity index (χ0v) is 15.2. The van der Waals surface area contributed by atoms with Gasteiger partial charge < -0.3 is 4.74 Å². The summed E-state index contributed by atoms with van der Waals surface area (Å²) in [5, 5.41) is 12.5. The second-order valence-electron chi connectivity index (χ2n) is 5.20. The van der Waals surface area contributed by atoms with Gasteiger partial charge in [-0.1, -0.05) is 23.4 Å². The van der Waals surface area contributed by atoms with Crippen molar-refractivity contribution in [1.29, 1.82) is 0 Å². The average Bonchev–Trinajstić information content (AvgIpc) is 3.10. The Kier molecular flexibility index (Phi) is 5.35.